The predicted octanol–water partition coefficient (Wildman–Crippen LogP) is 5.07. The summed E-state index contributed by atoms with van der Waals surface area (Å²) in [5.74, 6) is 0.558. The number of nitrogens with zero attached hydrogens (tertiary/aromatic N) is 3. The molecule has 0 radical (unpaired) electrons. The van der Waals surface area contributed by atoms with E-state index in [0.717, 1.165) is 5.56 Å². The Hall–Kier alpha value is -2.33. The number of halogens is 1. The Morgan fingerprint density at radius 1 is 1.17 bits per heavy atom. The molecular weight excluding hydrogens is 332 g/mol. The quantitative estimate of drug-likeness (QED) is 0.219. The molecule has 0 spiro atoms. The van der Waals surface area contributed by atoms with Crippen LogP contribution in [0.5, 0.6) is 5.75 Å². The van der Waals surface area contributed by atoms with Crippen LogP contribution >= 0.6 is 7.68 Å². The topological polar surface area (TPSA) is 84.3 Å². The summed E-state index contributed by atoms with van der Waals surface area (Å²) in [6, 6.07) is 12.9. The monoisotopic (exact) mass is 349 g/mol. The molecule has 2 aromatic rings. The molecule has 1 atom stereocenters. The summed E-state index contributed by atoms with van der Waals surface area (Å²) in [7, 11) is -2.82. The second-order valence-corrected chi connectivity index (χ2v) is 6.70. The average Bonchev–Trinajstić information content (AvgIpc) is 2.60. The standard InChI is InChI=1S/C16H17FN3O3P/c1-22-15-8-10-16(11-9-15)24(17,21)23-12-2-3-13-4-6-14(7-5-13)19-20-18/h4-11H,2-3,12H2,1H3. The van der Waals surface area contributed by atoms with Crippen molar-refractivity contribution in [3.63, 3.8) is 0 Å². The minimum atomic E-state index is -4.32. The molecule has 0 aliphatic heterocycles. The Morgan fingerprint density at radius 3 is 2.42 bits per heavy atom. The van der Waals surface area contributed by atoms with Gasteiger partial charge in [-0.05, 0) is 48.2 Å². The van der Waals surface area contributed by atoms with Gasteiger partial charge in [0, 0.05) is 10.6 Å². The SMILES string of the molecule is COc1ccc(P(=O)(F)OCCCc2ccc(N=[N+]=[N-])cc2)cc1. The molecule has 1 unspecified atom stereocenters. The van der Waals surface area contributed by atoms with Crippen LogP contribution in [0.4, 0.5) is 9.88 Å². The number of aryl methyl sites for hydroxylation is 1. The maximum atomic E-state index is 14.2. The number of benzene rings is 2. The van der Waals surface area contributed by atoms with E-state index in [0.29, 0.717) is 24.3 Å². The van der Waals surface area contributed by atoms with Crippen molar-refractivity contribution in [3.05, 3.63) is 64.5 Å². The minimum absolute atomic E-state index is 0.0158. The van der Waals surface area contributed by atoms with Crippen LogP contribution in [0.25, 0.3) is 10.4 Å². The first-order valence-corrected chi connectivity index (χ1v) is 8.79. The van der Waals surface area contributed by atoms with E-state index in [2.05, 4.69) is 10.0 Å². The summed E-state index contributed by atoms with van der Waals surface area (Å²) in [4.78, 5) is 2.70. The van der Waals surface area contributed by atoms with Gasteiger partial charge in [-0.1, -0.05) is 29.4 Å². The van der Waals surface area contributed by atoms with Crippen LogP contribution < -0.4 is 10.0 Å². The fraction of sp³-hybridized carbons (Fsp3) is 0.250. The zero-order chi connectivity index (χ0) is 17.4. The van der Waals surface area contributed by atoms with E-state index in [4.69, 9.17) is 14.8 Å². The van der Waals surface area contributed by atoms with Crippen molar-refractivity contribution in [1.82, 2.24) is 0 Å². The average molecular weight is 349 g/mol. The Bertz CT molecular complexity index is 759. The van der Waals surface area contributed by atoms with Gasteiger partial charge in [0.25, 0.3) is 0 Å². The molecular formula is C16H17FN3O3P. The van der Waals surface area contributed by atoms with Gasteiger partial charge < -0.3 is 9.26 Å². The van der Waals surface area contributed by atoms with Gasteiger partial charge in [-0.3, -0.25) is 0 Å². The molecule has 0 saturated carbocycles. The highest BCUT2D eigenvalue weighted by Crippen LogP contribution is 2.47. The van der Waals surface area contributed by atoms with E-state index in [1.54, 1.807) is 12.1 Å². The first kappa shape index (κ1) is 18.0. The van der Waals surface area contributed by atoms with Crippen molar-refractivity contribution in [1.29, 1.82) is 0 Å². The molecule has 0 N–H and O–H groups in total. The molecule has 0 aliphatic carbocycles. The third-order valence-corrected chi connectivity index (χ3v) is 4.77. The van der Waals surface area contributed by atoms with Gasteiger partial charge in [-0.15, -0.1) is 0 Å². The van der Waals surface area contributed by atoms with E-state index >= 15 is 0 Å². The first-order chi connectivity index (χ1) is 11.5. The number of rotatable bonds is 8. The van der Waals surface area contributed by atoms with E-state index in [-0.39, 0.29) is 11.9 Å². The van der Waals surface area contributed by atoms with Crippen molar-refractivity contribution >= 4 is 18.7 Å². The summed E-state index contributed by atoms with van der Waals surface area (Å²) >= 11 is 0. The minimum Gasteiger partial charge on any atom is -0.497 e. The van der Waals surface area contributed by atoms with Crippen LogP contribution in [-0.4, -0.2) is 13.7 Å². The van der Waals surface area contributed by atoms with Crippen molar-refractivity contribution in [2.45, 2.75) is 12.8 Å². The van der Waals surface area contributed by atoms with Gasteiger partial charge in [0.2, 0.25) is 0 Å². The van der Waals surface area contributed by atoms with Crippen molar-refractivity contribution < 1.29 is 18.0 Å². The Morgan fingerprint density at radius 2 is 1.83 bits per heavy atom. The molecule has 24 heavy (non-hydrogen) atoms. The van der Waals surface area contributed by atoms with Gasteiger partial charge in [-0.2, -0.15) is 4.20 Å². The smallest absolute Gasteiger partial charge is 0.397 e. The van der Waals surface area contributed by atoms with Crippen LogP contribution in [0.1, 0.15) is 12.0 Å². The van der Waals surface area contributed by atoms with Crippen LogP contribution in [0, 0.1) is 0 Å². The van der Waals surface area contributed by atoms with Gasteiger partial charge in [0.15, 0.2) is 0 Å². The van der Waals surface area contributed by atoms with Crippen LogP contribution in [0.15, 0.2) is 53.6 Å². The Kier molecular flexibility index (Phi) is 6.38. The van der Waals surface area contributed by atoms with Crippen molar-refractivity contribution in [3.8, 4) is 5.75 Å². The van der Waals surface area contributed by atoms with E-state index in [1.807, 2.05) is 12.1 Å². The van der Waals surface area contributed by atoms with Crippen molar-refractivity contribution in [2.24, 2.45) is 5.11 Å². The number of methoxy groups -OCH3 is 1. The second kappa shape index (κ2) is 8.50. The highest BCUT2D eigenvalue weighted by Gasteiger charge is 2.24. The summed E-state index contributed by atoms with van der Waals surface area (Å²) < 4.78 is 36.1. The second-order valence-electron chi connectivity index (χ2n) is 4.97. The maximum Gasteiger partial charge on any atom is 0.397 e. The molecule has 0 saturated heterocycles. The molecule has 0 fully saturated rings. The van der Waals surface area contributed by atoms with E-state index in [9.17, 15) is 8.76 Å². The lowest BCUT2D eigenvalue weighted by molar-refractivity contribution is 0.290. The predicted molar refractivity (Wildman–Crippen MR) is 90.9 cm³/mol. The van der Waals surface area contributed by atoms with Gasteiger partial charge >= 0.3 is 7.68 Å². The summed E-state index contributed by atoms with van der Waals surface area (Å²) in [5, 5.41) is 3.50. The summed E-state index contributed by atoms with van der Waals surface area (Å²) in [6.07, 6.45) is 1.16. The molecule has 2 rings (SSSR count). The maximum absolute atomic E-state index is 14.2. The normalized spacial score (nSPS) is 12.9. The Labute approximate surface area is 139 Å². The van der Waals surface area contributed by atoms with Crippen LogP contribution in [0.3, 0.4) is 0 Å². The number of azide groups is 1. The first-order valence-electron chi connectivity index (χ1n) is 7.28. The molecule has 0 heterocycles. The van der Waals surface area contributed by atoms with E-state index < -0.39 is 7.68 Å². The summed E-state index contributed by atoms with van der Waals surface area (Å²) in [6.45, 7) is 0.0396. The van der Waals surface area contributed by atoms with Crippen LogP contribution in [-0.2, 0) is 15.5 Å². The van der Waals surface area contributed by atoms with Gasteiger partial charge in [-0.25, -0.2) is 4.57 Å². The third-order valence-electron chi connectivity index (χ3n) is 3.34. The molecule has 0 aromatic heterocycles. The highest BCUT2D eigenvalue weighted by molar-refractivity contribution is 7.61. The zero-order valence-electron chi connectivity index (χ0n) is 13.1. The molecule has 0 bridgehead atoms. The fourth-order valence-corrected chi connectivity index (χ4v) is 3.09. The molecule has 0 aliphatic rings. The summed E-state index contributed by atoms with van der Waals surface area (Å²) in [5.41, 5.74) is 9.86. The van der Waals surface area contributed by atoms with Gasteiger partial charge in [0.05, 0.1) is 19.0 Å². The number of ether oxygens (including phenoxy) is 1. The van der Waals surface area contributed by atoms with Crippen LogP contribution in [0.2, 0.25) is 0 Å². The fourth-order valence-electron chi connectivity index (χ4n) is 2.07. The lowest BCUT2D eigenvalue weighted by Gasteiger charge is -2.10. The van der Waals surface area contributed by atoms with Gasteiger partial charge in [0.1, 0.15) is 5.75 Å². The third kappa shape index (κ3) is 5.10. The number of hydrogen-bond donors (Lipinski definition) is 0. The largest absolute Gasteiger partial charge is 0.497 e. The Balaban J connectivity index is 1.83. The van der Waals surface area contributed by atoms with E-state index in [1.165, 1.54) is 31.4 Å². The lowest BCUT2D eigenvalue weighted by atomic mass is 10.1. The van der Waals surface area contributed by atoms with Crippen molar-refractivity contribution in [2.75, 3.05) is 13.7 Å². The molecule has 8 heteroatoms. The molecule has 2 aromatic carbocycles. The zero-order valence-corrected chi connectivity index (χ0v) is 14.0. The molecule has 6 nitrogen and oxygen atoms in total. The number of hydrogen-bond acceptors (Lipinski definition) is 4. The molecule has 126 valence electrons. The lowest BCUT2D eigenvalue weighted by Crippen LogP contribution is -2.05. The highest BCUT2D eigenvalue weighted by atomic mass is 31.2. The molecule has 0 amide bonds.